The summed E-state index contributed by atoms with van der Waals surface area (Å²) in [6.45, 7) is 2.01. The van der Waals surface area contributed by atoms with Gasteiger partial charge in [0.1, 0.15) is 6.29 Å². The van der Waals surface area contributed by atoms with Crippen LogP contribution in [-0.4, -0.2) is 57.6 Å². The summed E-state index contributed by atoms with van der Waals surface area (Å²) in [6.07, 6.45) is 2.97. The summed E-state index contributed by atoms with van der Waals surface area (Å²) in [5.41, 5.74) is 0. The van der Waals surface area contributed by atoms with Crippen LogP contribution in [0.1, 0.15) is 0 Å². The van der Waals surface area contributed by atoms with E-state index in [9.17, 15) is 9.59 Å². The summed E-state index contributed by atoms with van der Waals surface area (Å²) < 4.78 is 9.98. The van der Waals surface area contributed by atoms with Crippen LogP contribution in [0.3, 0.4) is 0 Å². The molecule has 0 saturated carbocycles. The molecule has 1 amide bonds. The molecule has 0 aromatic rings. The van der Waals surface area contributed by atoms with Crippen LogP contribution in [0.5, 0.6) is 0 Å². The molecule has 0 rings (SSSR count). The number of rotatable bonds is 8. The summed E-state index contributed by atoms with van der Waals surface area (Å²) in [7, 11) is 3.25. The zero-order chi connectivity index (χ0) is 11.5. The highest BCUT2D eigenvalue weighted by Crippen LogP contribution is 1.87. The highest BCUT2D eigenvalue weighted by atomic mass is 16.5. The van der Waals surface area contributed by atoms with Crippen molar-refractivity contribution in [2.75, 3.05) is 40.5 Å². The van der Waals surface area contributed by atoms with Gasteiger partial charge in [-0.2, -0.15) is 0 Å². The zero-order valence-electron chi connectivity index (χ0n) is 9.14. The van der Waals surface area contributed by atoms with Crippen LogP contribution in [0.4, 0.5) is 0 Å². The number of methoxy groups -OCH3 is 1. The average molecular weight is 215 g/mol. The first-order valence-electron chi connectivity index (χ1n) is 4.66. The standard InChI is InChI=1S/C10H17NO4/c1-11(10(13)4-3-6-12)5-7-15-9-8-14-2/h3-4,6H,5,7-9H2,1-2H3/b4-3-. The van der Waals surface area contributed by atoms with Crippen LogP contribution in [0.25, 0.3) is 0 Å². The summed E-state index contributed by atoms with van der Waals surface area (Å²) in [6, 6.07) is 0. The van der Waals surface area contributed by atoms with Gasteiger partial charge in [0.15, 0.2) is 0 Å². The second-order valence-electron chi connectivity index (χ2n) is 2.86. The molecule has 15 heavy (non-hydrogen) atoms. The Morgan fingerprint density at radius 1 is 1.33 bits per heavy atom. The van der Waals surface area contributed by atoms with Gasteiger partial charge in [-0.15, -0.1) is 0 Å². The van der Waals surface area contributed by atoms with Gasteiger partial charge in [0.25, 0.3) is 0 Å². The summed E-state index contributed by atoms with van der Waals surface area (Å²) in [5.74, 6) is -0.211. The quantitative estimate of drug-likeness (QED) is 0.321. The van der Waals surface area contributed by atoms with Crippen LogP contribution in [0, 0.1) is 0 Å². The van der Waals surface area contributed by atoms with E-state index >= 15 is 0 Å². The highest BCUT2D eigenvalue weighted by Gasteiger charge is 2.03. The van der Waals surface area contributed by atoms with E-state index in [4.69, 9.17) is 9.47 Å². The van der Waals surface area contributed by atoms with Crippen molar-refractivity contribution in [1.82, 2.24) is 4.90 Å². The lowest BCUT2D eigenvalue weighted by Crippen LogP contribution is -2.28. The molecule has 0 saturated heterocycles. The number of carbonyl (C=O) groups excluding carboxylic acids is 2. The Bertz CT molecular complexity index is 215. The molecule has 0 bridgehead atoms. The van der Waals surface area contributed by atoms with E-state index in [2.05, 4.69) is 0 Å². The monoisotopic (exact) mass is 215 g/mol. The average Bonchev–Trinajstić information content (AvgIpc) is 2.25. The van der Waals surface area contributed by atoms with Crippen molar-refractivity contribution >= 4 is 12.2 Å². The molecule has 0 spiro atoms. The van der Waals surface area contributed by atoms with Crippen molar-refractivity contribution in [3.63, 3.8) is 0 Å². The van der Waals surface area contributed by atoms with Gasteiger partial charge in [-0.25, -0.2) is 0 Å². The Balaban J connectivity index is 3.55. The molecule has 0 aromatic carbocycles. The molecular formula is C10H17NO4. The van der Waals surface area contributed by atoms with E-state index in [1.165, 1.54) is 17.1 Å². The highest BCUT2D eigenvalue weighted by molar-refractivity contribution is 5.90. The normalized spacial score (nSPS) is 10.5. The van der Waals surface area contributed by atoms with Crippen LogP contribution >= 0.6 is 0 Å². The molecular weight excluding hydrogens is 198 g/mol. The first-order valence-corrected chi connectivity index (χ1v) is 4.66. The summed E-state index contributed by atoms with van der Waals surface area (Å²) in [4.78, 5) is 22.7. The van der Waals surface area contributed by atoms with Gasteiger partial charge < -0.3 is 14.4 Å². The zero-order valence-corrected chi connectivity index (χ0v) is 9.14. The number of aldehydes is 1. The van der Waals surface area contributed by atoms with E-state index in [0.29, 0.717) is 32.7 Å². The predicted molar refractivity (Wildman–Crippen MR) is 55.5 cm³/mol. The minimum Gasteiger partial charge on any atom is -0.382 e. The van der Waals surface area contributed by atoms with Gasteiger partial charge in [0, 0.05) is 26.8 Å². The lowest BCUT2D eigenvalue weighted by atomic mass is 10.4. The second-order valence-corrected chi connectivity index (χ2v) is 2.86. The van der Waals surface area contributed by atoms with Gasteiger partial charge in [0.05, 0.1) is 19.8 Å². The number of likely N-dealkylation sites (N-methyl/N-ethyl adjacent to an activating group) is 1. The number of carbonyl (C=O) groups is 2. The number of hydrogen-bond acceptors (Lipinski definition) is 4. The first kappa shape index (κ1) is 13.8. The maximum atomic E-state index is 11.2. The number of amides is 1. The number of nitrogens with zero attached hydrogens (tertiary/aromatic N) is 1. The molecule has 0 aliphatic rings. The molecule has 5 heteroatoms. The molecule has 0 N–H and O–H groups in total. The Kier molecular flexibility index (Phi) is 8.61. The van der Waals surface area contributed by atoms with Gasteiger partial charge >= 0.3 is 0 Å². The van der Waals surface area contributed by atoms with Crippen molar-refractivity contribution in [1.29, 1.82) is 0 Å². The molecule has 5 nitrogen and oxygen atoms in total. The topological polar surface area (TPSA) is 55.8 Å². The van der Waals surface area contributed by atoms with E-state index in [1.807, 2.05) is 0 Å². The SMILES string of the molecule is COCCOCCN(C)C(=O)/C=C\C=O. The molecule has 0 atom stereocenters. The molecule has 0 unspecified atom stereocenters. The maximum Gasteiger partial charge on any atom is 0.246 e. The van der Waals surface area contributed by atoms with Gasteiger partial charge in [-0.3, -0.25) is 9.59 Å². The maximum absolute atomic E-state index is 11.2. The summed E-state index contributed by atoms with van der Waals surface area (Å²) in [5, 5.41) is 0. The van der Waals surface area contributed by atoms with Crippen molar-refractivity contribution in [3.05, 3.63) is 12.2 Å². The molecule has 0 aromatic heterocycles. The molecule has 0 fully saturated rings. The van der Waals surface area contributed by atoms with Gasteiger partial charge in [0.2, 0.25) is 5.91 Å². The minimum absolute atomic E-state index is 0.211. The number of ether oxygens (including phenoxy) is 2. The van der Waals surface area contributed by atoms with Gasteiger partial charge in [-0.1, -0.05) is 0 Å². The lowest BCUT2D eigenvalue weighted by Gasteiger charge is -2.14. The third-order valence-electron chi connectivity index (χ3n) is 1.70. The third kappa shape index (κ3) is 7.84. The second kappa shape index (κ2) is 9.36. The van der Waals surface area contributed by atoms with Crippen molar-refractivity contribution < 1.29 is 19.1 Å². The minimum atomic E-state index is -0.211. The molecule has 86 valence electrons. The van der Waals surface area contributed by atoms with Crippen molar-refractivity contribution in [2.45, 2.75) is 0 Å². The van der Waals surface area contributed by atoms with Crippen LogP contribution in [0.15, 0.2) is 12.2 Å². The summed E-state index contributed by atoms with van der Waals surface area (Å²) >= 11 is 0. The van der Waals surface area contributed by atoms with E-state index in [-0.39, 0.29) is 5.91 Å². The fraction of sp³-hybridized carbons (Fsp3) is 0.600. The fourth-order valence-corrected chi connectivity index (χ4v) is 0.805. The molecule has 0 aliphatic carbocycles. The Labute approximate surface area is 89.6 Å². The smallest absolute Gasteiger partial charge is 0.246 e. The number of hydrogen-bond donors (Lipinski definition) is 0. The fourth-order valence-electron chi connectivity index (χ4n) is 0.805. The molecule has 0 radical (unpaired) electrons. The van der Waals surface area contributed by atoms with Crippen LogP contribution in [-0.2, 0) is 19.1 Å². The lowest BCUT2D eigenvalue weighted by molar-refractivity contribution is -0.125. The largest absolute Gasteiger partial charge is 0.382 e. The van der Waals surface area contributed by atoms with Crippen LogP contribution < -0.4 is 0 Å². The van der Waals surface area contributed by atoms with E-state index < -0.39 is 0 Å². The molecule has 0 aliphatic heterocycles. The third-order valence-corrected chi connectivity index (χ3v) is 1.70. The first-order chi connectivity index (χ1) is 7.22. The Morgan fingerprint density at radius 2 is 2.07 bits per heavy atom. The van der Waals surface area contributed by atoms with Crippen molar-refractivity contribution in [2.24, 2.45) is 0 Å². The van der Waals surface area contributed by atoms with Crippen LogP contribution in [0.2, 0.25) is 0 Å². The van der Waals surface area contributed by atoms with E-state index in [0.717, 1.165) is 0 Å². The predicted octanol–water partition coefficient (Wildman–Crippen LogP) is -0.137. The van der Waals surface area contributed by atoms with Crippen molar-refractivity contribution in [3.8, 4) is 0 Å². The van der Waals surface area contributed by atoms with Gasteiger partial charge in [-0.05, 0) is 6.08 Å². The number of allylic oxidation sites excluding steroid dienone is 1. The van der Waals surface area contributed by atoms with E-state index in [1.54, 1.807) is 14.2 Å². The Morgan fingerprint density at radius 3 is 2.67 bits per heavy atom. The Hall–Kier alpha value is -1.20. The molecule has 0 heterocycles.